The SMILES string of the molecule is C[C@@H]1CN(c2nc3c(cc2F)c(=O)c(C(=O)O)cn3-c2cccc3ccccc23)C[C@H](C)N1. The molecule has 0 spiro atoms. The Morgan fingerprint density at radius 3 is 2.52 bits per heavy atom. The molecule has 168 valence electrons. The average Bonchev–Trinajstić information content (AvgIpc) is 2.78. The van der Waals surface area contributed by atoms with Gasteiger partial charge < -0.3 is 15.3 Å². The number of carbonyl (C=O) groups is 1. The second-order valence-corrected chi connectivity index (χ2v) is 8.58. The molecule has 0 bridgehead atoms. The van der Waals surface area contributed by atoms with Crippen molar-refractivity contribution < 1.29 is 14.3 Å². The summed E-state index contributed by atoms with van der Waals surface area (Å²) in [6, 6.07) is 14.7. The van der Waals surface area contributed by atoms with Crippen LogP contribution in [0.3, 0.4) is 0 Å². The van der Waals surface area contributed by atoms with Crippen LogP contribution in [0.5, 0.6) is 0 Å². The van der Waals surface area contributed by atoms with Gasteiger partial charge in [-0.25, -0.2) is 14.2 Å². The lowest BCUT2D eigenvalue weighted by atomic mass is 10.1. The van der Waals surface area contributed by atoms with Crippen LogP contribution in [0.15, 0.2) is 59.5 Å². The number of benzene rings is 2. The third-order valence-corrected chi connectivity index (χ3v) is 6.03. The lowest BCUT2D eigenvalue weighted by molar-refractivity contribution is 0.0695. The Morgan fingerprint density at radius 1 is 1.09 bits per heavy atom. The molecule has 0 unspecified atom stereocenters. The minimum absolute atomic E-state index is 0.0692. The summed E-state index contributed by atoms with van der Waals surface area (Å²) in [6.45, 7) is 5.16. The van der Waals surface area contributed by atoms with Crippen molar-refractivity contribution in [3.63, 3.8) is 0 Å². The molecule has 1 fully saturated rings. The number of aromatic carboxylic acids is 1. The molecule has 2 atom stereocenters. The lowest BCUT2D eigenvalue weighted by Crippen LogP contribution is -2.54. The summed E-state index contributed by atoms with van der Waals surface area (Å²) in [5, 5.41) is 14.8. The van der Waals surface area contributed by atoms with Crippen molar-refractivity contribution >= 4 is 33.6 Å². The largest absolute Gasteiger partial charge is 0.477 e. The topological polar surface area (TPSA) is 87.5 Å². The first-order chi connectivity index (χ1) is 15.8. The van der Waals surface area contributed by atoms with Crippen LogP contribution in [0.25, 0.3) is 27.5 Å². The Morgan fingerprint density at radius 2 is 1.79 bits per heavy atom. The molecule has 1 aliphatic rings. The molecule has 2 N–H and O–H groups in total. The number of fused-ring (bicyclic) bond motifs is 2. The molecular weight excluding hydrogens is 423 g/mol. The number of rotatable bonds is 3. The third-order valence-electron chi connectivity index (χ3n) is 6.03. The van der Waals surface area contributed by atoms with E-state index in [0.717, 1.165) is 16.8 Å². The second kappa shape index (κ2) is 7.97. The molecule has 0 aliphatic carbocycles. The summed E-state index contributed by atoms with van der Waals surface area (Å²) in [6.07, 6.45) is 1.28. The number of hydrogen-bond acceptors (Lipinski definition) is 5. The van der Waals surface area contributed by atoms with E-state index in [1.54, 1.807) is 4.57 Å². The molecule has 0 amide bonds. The molecule has 1 saturated heterocycles. The number of carboxylic acid groups (broad SMARTS) is 1. The highest BCUT2D eigenvalue weighted by molar-refractivity contribution is 5.95. The van der Waals surface area contributed by atoms with Gasteiger partial charge in [-0.1, -0.05) is 36.4 Å². The molecule has 4 aromatic rings. The van der Waals surface area contributed by atoms with E-state index in [4.69, 9.17) is 0 Å². The van der Waals surface area contributed by atoms with E-state index in [9.17, 15) is 14.7 Å². The summed E-state index contributed by atoms with van der Waals surface area (Å²) in [5.74, 6) is -1.86. The Hall–Kier alpha value is -3.78. The number of aromatic nitrogens is 2. The molecule has 8 heteroatoms. The molecule has 0 saturated carbocycles. The van der Waals surface area contributed by atoms with E-state index in [1.165, 1.54) is 6.20 Å². The monoisotopic (exact) mass is 446 g/mol. The van der Waals surface area contributed by atoms with Gasteiger partial charge >= 0.3 is 5.97 Å². The predicted molar refractivity (Wildman–Crippen MR) is 126 cm³/mol. The summed E-state index contributed by atoms with van der Waals surface area (Å²) in [7, 11) is 0. The molecule has 5 rings (SSSR count). The minimum atomic E-state index is -1.37. The van der Waals surface area contributed by atoms with Gasteiger partial charge in [-0.3, -0.25) is 9.36 Å². The van der Waals surface area contributed by atoms with Gasteiger partial charge in [-0.05, 0) is 31.4 Å². The fourth-order valence-corrected chi connectivity index (χ4v) is 4.69. The van der Waals surface area contributed by atoms with Gasteiger partial charge in [0.15, 0.2) is 17.3 Å². The Kier molecular flexibility index (Phi) is 5.09. The zero-order chi connectivity index (χ0) is 23.3. The van der Waals surface area contributed by atoms with Crippen molar-refractivity contribution in [2.75, 3.05) is 18.0 Å². The van der Waals surface area contributed by atoms with Crippen molar-refractivity contribution in [2.24, 2.45) is 0 Å². The van der Waals surface area contributed by atoms with E-state index in [-0.39, 0.29) is 28.9 Å². The summed E-state index contributed by atoms with van der Waals surface area (Å²) >= 11 is 0. The van der Waals surface area contributed by atoms with Crippen LogP contribution in [0, 0.1) is 5.82 Å². The van der Waals surface area contributed by atoms with Gasteiger partial charge in [-0.2, -0.15) is 0 Å². The van der Waals surface area contributed by atoms with Gasteiger partial charge in [0, 0.05) is 36.8 Å². The van der Waals surface area contributed by atoms with E-state index >= 15 is 4.39 Å². The molecule has 1 aliphatic heterocycles. The van der Waals surface area contributed by atoms with E-state index in [2.05, 4.69) is 10.3 Å². The van der Waals surface area contributed by atoms with Gasteiger partial charge in [0.2, 0.25) is 5.43 Å². The van der Waals surface area contributed by atoms with Crippen LogP contribution < -0.4 is 15.6 Å². The first kappa shape index (κ1) is 21.1. The maximum atomic E-state index is 15.2. The smallest absolute Gasteiger partial charge is 0.341 e. The number of halogens is 1. The Labute approximate surface area is 189 Å². The maximum Gasteiger partial charge on any atom is 0.341 e. The number of pyridine rings is 2. The zero-order valence-corrected chi connectivity index (χ0v) is 18.2. The maximum absolute atomic E-state index is 15.2. The van der Waals surface area contributed by atoms with Crippen LogP contribution in [-0.4, -0.2) is 45.8 Å². The number of hydrogen-bond donors (Lipinski definition) is 2. The minimum Gasteiger partial charge on any atom is -0.477 e. The highest BCUT2D eigenvalue weighted by Crippen LogP contribution is 2.28. The van der Waals surface area contributed by atoms with Crippen molar-refractivity contribution in [3.8, 4) is 5.69 Å². The van der Waals surface area contributed by atoms with E-state index < -0.39 is 22.8 Å². The highest BCUT2D eigenvalue weighted by atomic mass is 19.1. The average molecular weight is 446 g/mol. The van der Waals surface area contributed by atoms with Crippen molar-refractivity contribution in [1.29, 1.82) is 0 Å². The number of anilines is 1. The second-order valence-electron chi connectivity index (χ2n) is 8.58. The van der Waals surface area contributed by atoms with E-state index in [1.807, 2.05) is 61.2 Å². The third kappa shape index (κ3) is 3.62. The number of piperazine rings is 1. The normalized spacial score (nSPS) is 18.7. The predicted octanol–water partition coefficient (Wildman–Crippen LogP) is 3.56. The summed E-state index contributed by atoms with van der Waals surface area (Å²) in [4.78, 5) is 31.2. The number of nitrogens with zero attached hydrogens (tertiary/aromatic N) is 3. The quantitative estimate of drug-likeness (QED) is 0.500. The molecule has 3 heterocycles. The molecule has 0 radical (unpaired) electrons. The fourth-order valence-electron chi connectivity index (χ4n) is 4.69. The molecule has 33 heavy (non-hydrogen) atoms. The van der Waals surface area contributed by atoms with Gasteiger partial charge in [0.25, 0.3) is 0 Å². The Bertz CT molecular complexity index is 1450. The number of nitrogens with one attached hydrogen (secondary N) is 1. The standard InChI is InChI=1S/C25H23FN4O3/c1-14-11-29(12-15(2)27-14)24-20(26)10-18-22(31)19(25(32)33)13-30(23(18)28-24)21-9-5-7-16-6-3-4-8-17(16)21/h3-10,13-15,27H,11-12H2,1-2H3,(H,32,33)/t14-,15+. The zero-order valence-electron chi connectivity index (χ0n) is 18.2. The van der Waals surface area contributed by atoms with Crippen molar-refractivity contribution in [2.45, 2.75) is 25.9 Å². The number of carboxylic acids is 1. The van der Waals surface area contributed by atoms with Crippen LogP contribution in [0.1, 0.15) is 24.2 Å². The van der Waals surface area contributed by atoms with Crippen molar-refractivity contribution in [1.82, 2.24) is 14.9 Å². The molecule has 2 aromatic carbocycles. The van der Waals surface area contributed by atoms with Crippen LogP contribution in [0.2, 0.25) is 0 Å². The molecule has 7 nitrogen and oxygen atoms in total. The van der Waals surface area contributed by atoms with Gasteiger partial charge in [0.05, 0.1) is 11.1 Å². The first-order valence-corrected chi connectivity index (χ1v) is 10.8. The van der Waals surface area contributed by atoms with Crippen LogP contribution in [0.4, 0.5) is 10.2 Å². The van der Waals surface area contributed by atoms with Crippen LogP contribution in [-0.2, 0) is 0 Å². The fraction of sp³-hybridized carbons (Fsp3) is 0.240. The molecule has 2 aromatic heterocycles. The highest BCUT2D eigenvalue weighted by Gasteiger charge is 2.26. The van der Waals surface area contributed by atoms with Gasteiger partial charge in [0.1, 0.15) is 5.56 Å². The summed E-state index contributed by atoms with van der Waals surface area (Å²) in [5.41, 5.74) is -0.313. The first-order valence-electron chi connectivity index (χ1n) is 10.8. The molecular formula is C25H23FN4O3. The lowest BCUT2D eigenvalue weighted by Gasteiger charge is -2.37. The van der Waals surface area contributed by atoms with Crippen LogP contribution >= 0.6 is 0 Å². The van der Waals surface area contributed by atoms with E-state index in [0.29, 0.717) is 18.8 Å². The summed E-state index contributed by atoms with van der Waals surface area (Å²) < 4.78 is 16.8. The van der Waals surface area contributed by atoms with Crippen molar-refractivity contribution in [3.05, 3.63) is 76.3 Å². The van der Waals surface area contributed by atoms with Gasteiger partial charge in [-0.15, -0.1) is 0 Å². The Balaban J connectivity index is 1.83.